The van der Waals surface area contributed by atoms with Crippen LogP contribution in [0.25, 0.3) is 0 Å². The molecule has 0 spiro atoms. The lowest BCUT2D eigenvalue weighted by Gasteiger charge is -2.11. The van der Waals surface area contributed by atoms with Crippen LogP contribution in [-0.2, 0) is 4.79 Å². The quantitative estimate of drug-likeness (QED) is 0.910. The third-order valence-corrected chi connectivity index (χ3v) is 3.72. The fourth-order valence-corrected chi connectivity index (χ4v) is 2.48. The first-order valence-corrected chi connectivity index (χ1v) is 7.57. The van der Waals surface area contributed by atoms with Gasteiger partial charge in [-0.15, -0.1) is 0 Å². The smallest absolute Gasteiger partial charge is 0.241 e. The summed E-state index contributed by atoms with van der Waals surface area (Å²) in [5.41, 5.74) is 1.34. The van der Waals surface area contributed by atoms with Gasteiger partial charge in [0.15, 0.2) is 0 Å². The van der Waals surface area contributed by atoms with Gasteiger partial charge in [-0.25, -0.2) is 0 Å². The Morgan fingerprint density at radius 3 is 2.35 bits per heavy atom. The van der Waals surface area contributed by atoms with Crippen LogP contribution in [-0.4, -0.2) is 18.5 Å². The number of hydrogen-bond donors (Lipinski definition) is 2. The summed E-state index contributed by atoms with van der Waals surface area (Å²) in [6.45, 7) is 0.898. The number of rotatable bonds is 4. The van der Waals surface area contributed by atoms with E-state index in [0.29, 0.717) is 17.1 Å². The second-order valence-corrected chi connectivity index (χ2v) is 5.40. The highest BCUT2D eigenvalue weighted by atomic mass is 16.5. The maximum atomic E-state index is 12.0. The first kappa shape index (κ1) is 15.1. The fourth-order valence-electron chi connectivity index (χ4n) is 2.48. The molecule has 1 amide bonds. The largest absolute Gasteiger partial charge is 0.457 e. The molecule has 5 nitrogen and oxygen atoms in total. The van der Waals surface area contributed by atoms with Crippen molar-refractivity contribution >= 4 is 11.6 Å². The zero-order valence-corrected chi connectivity index (χ0v) is 12.6. The fraction of sp³-hybridized carbons (Fsp3) is 0.222. The van der Waals surface area contributed by atoms with E-state index in [1.54, 1.807) is 36.4 Å². The minimum absolute atomic E-state index is 0.00302. The molecule has 0 aromatic heterocycles. The van der Waals surface area contributed by atoms with Crippen molar-refractivity contribution in [3.05, 3.63) is 54.1 Å². The molecule has 0 aliphatic carbocycles. The van der Waals surface area contributed by atoms with Gasteiger partial charge < -0.3 is 15.4 Å². The molecule has 1 fully saturated rings. The summed E-state index contributed by atoms with van der Waals surface area (Å²) >= 11 is 0. The third kappa shape index (κ3) is 3.87. The van der Waals surface area contributed by atoms with Crippen LogP contribution in [0.1, 0.15) is 18.4 Å². The van der Waals surface area contributed by atoms with E-state index >= 15 is 0 Å². The zero-order valence-electron chi connectivity index (χ0n) is 12.6. The van der Waals surface area contributed by atoms with Crippen LogP contribution in [0.2, 0.25) is 0 Å². The summed E-state index contributed by atoms with van der Waals surface area (Å²) in [5.74, 6) is 1.34. The lowest BCUT2D eigenvalue weighted by molar-refractivity contribution is -0.117. The average molecular weight is 307 g/mol. The normalized spacial score (nSPS) is 16.6. The van der Waals surface area contributed by atoms with Gasteiger partial charge in [-0.2, -0.15) is 5.26 Å². The van der Waals surface area contributed by atoms with Crippen LogP contribution in [0.3, 0.4) is 0 Å². The first-order chi connectivity index (χ1) is 11.2. The molecule has 0 saturated carbocycles. The molecule has 1 atom stereocenters. The summed E-state index contributed by atoms with van der Waals surface area (Å²) in [5, 5.41) is 14.8. The number of hydrogen-bond acceptors (Lipinski definition) is 4. The van der Waals surface area contributed by atoms with Crippen molar-refractivity contribution in [1.29, 1.82) is 5.26 Å². The number of nitrogens with one attached hydrogen (secondary N) is 2. The Balaban J connectivity index is 1.60. The molecule has 1 aliphatic heterocycles. The van der Waals surface area contributed by atoms with E-state index in [1.165, 1.54) is 0 Å². The molecular formula is C18H17N3O2. The summed E-state index contributed by atoms with van der Waals surface area (Å²) in [4.78, 5) is 12.0. The highest BCUT2D eigenvalue weighted by Gasteiger charge is 2.21. The number of amides is 1. The Labute approximate surface area is 134 Å². The molecule has 1 saturated heterocycles. The van der Waals surface area contributed by atoms with Crippen LogP contribution in [0.4, 0.5) is 5.69 Å². The highest BCUT2D eigenvalue weighted by Crippen LogP contribution is 2.23. The second kappa shape index (κ2) is 6.95. The molecule has 2 N–H and O–H groups in total. The van der Waals surface area contributed by atoms with E-state index in [4.69, 9.17) is 10.00 Å². The van der Waals surface area contributed by atoms with E-state index in [0.717, 1.165) is 25.1 Å². The lowest BCUT2D eigenvalue weighted by atomic mass is 10.2. The predicted octanol–water partition coefficient (Wildman–Crippen LogP) is 3.04. The van der Waals surface area contributed by atoms with Gasteiger partial charge in [-0.3, -0.25) is 4.79 Å². The van der Waals surface area contributed by atoms with E-state index in [2.05, 4.69) is 16.7 Å². The van der Waals surface area contributed by atoms with Gasteiger partial charge in [0.05, 0.1) is 17.7 Å². The average Bonchev–Trinajstić information content (AvgIpc) is 3.12. The van der Waals surface area contributed by atoms with Crippen LogP contribution >= 0.6 is 0 Å². The summed E-state index contributed by atoms with van der Waals surface area (Å²) in [7, 11) is 0. The van der Waals surface area contributed by atoms with E-state index in [9.17, 15) is 4.79 Å². The maximum absolute atomic E-state index is 12.0. The Hall–Kier alpha value is -2.84. The SMILES string of the molecule is N#Cc1ccc(Oc2ccc(NC(=O)[C@@H]3CCCN3)cc2)cc1. The lowest BCUT2D eigenvalue weighted by Crippen LogP contribution is -2.35. The number of carbonyl (C=O) groups excluding carboxylic acids is 1. The summed E-state index contributed by atoms with van der Waals surface area (Å²) in [6.07, 6.45) is 1.92. The Kier molecular flexibility index (Phi) is 4.55. The highest BCUT2D eigenvalue weighted by molar-refractivity contribution is 5.95. The van der Waals surface area contributed by atoms with Crippen LogP contribution in [0.5, 0.6) is 11.5 Å². The topological polar surface area (TPSA) is 74.1 Å². The number of nitrogens with zero attached hydrogens (tertiary/aromatic N) is 1. The Morgan fingerprint density at radius 2 is 1.78 bits per heavy atom. The van der Waals surface area contributed by atoms with Gasteiger partial charge in [0.1, 0.15) is 11.5 Å². The summed E-state index contributed by atoms with van der Waals surface area (Å²) in [6, 6.07) is 16.1. The Bertz CT molecular complexity index is 711. The molecular weight excluding hydrogens is 290 g/mol. The minimum atomic E-state index is -0.0930. The van der Waals surface area contributed by atoms with Gasteiger partial charge in [0, 0.05) is 5.69 Å². The molecule has 0 radical (unpaired) electrons. The van der Waals surface area contributed by atoms with Crippen molar-refractivity contribution < 1.29 is 9.53 Å². The second-order valence-electron chi connectivity index (χ2n) is 5.40. The molecule has 2 aromatic rings. The zero-order chi connectivity index (χ0) is 16.1. The van der Waals surface area contributed by atoms with Crippen LogP contribution in [0.15, 0.2) is 48.5 Å². The van der Waals surface area contributed by atoms with E-state index < -0.39 is 0 Å². The van der Waals surface area contributed by atoms with Crippen LogP contribution in [0, 0.1) is 11.3 Å². The maximum Gasteiger partial charge on any atom is 0.241 e. The predicted molar refractivity (Wildman–Crippen MR) is 87.3 cm³/mol. The standard InChI is InChI=1S/C18H17N3O2/c19-12-13-3-7-15(8-4-13)23-16-9-5-14(6-10-16)21-18(22)17-2-1-11-20-17/h3-10,17,20H,1-2,11H2,(H,21,22)/t17-/m0/s1. The molecule has 23 heavy (non-hydrogen) atoms. The number of benzene rings is 2. The van der Waals surface area contributed by atoms with Crippen molar-refractivity contribution in [3.8, 4) is 17.6 Å². The van der Waals surface area contributed by atoms with Gasteiger partial charge in [0.2, 0.25) is 5.91 Å². The van der Waals surface area contributed by atoms with Gasteiger partial charge in [-0.05, 0) is 67.9 Å². The van der Waals surface area contributed by atoms with E-state index in [-0.39, 0.29) is 11.9 Å². The number of ether oxygens (including phenoxy) is 1. The summed E-state index contributed by atoms with van der Waals surface area (Å²) < 4.78 is 5.70. The van der Waals surface area contributed by atoms with Crippen molar-refractivity contribution in [2.24, 2.45) is 0 Å². The van der Waals surface area contributed by atoms with Crippen molar-refractivity contribution in [2.45, 2.75) is 18.9 Å². The molecule has 5 heteroatoms. The number of nitriles is 1. The molecule has 0 bridgehead atoms. The monoisotopic (exact) mass is 307 g/mol. The molecule has 2 aromatic carbocycles. The Morgan fingerprint density at radius 1 is 1.13 bits per heavy atom. The molecule has 0 unspecified atom stereocenters. The number of anilines is 1. The molecule has 3 rings (SSSR count). The van der Waals surface area contributed by atoms with E-state index in [1.807, 2.05) is 12.1 Å². The van der Waals surface area contributed by atoms with Crippen molar-refractivity contribution in [2.75, 3.05) is 11.9 Å². The van der Waals surface area contributed by atoms with Gasteiger partial charge in [0.25, 0.3) is 0 Å². The van der Waals surface area contributed by atoms with Crippen molar-refractivity contribution in [1.82, 2.24) is 5.32 Å². The third-order valence-electron chi connectivity index (χ3n) is 3.72. The molecule has 1 heterocycles. The van der Waals surface area contributed by atoms with Gasteiger partial charge in [-0.1, -0.05) is 0 Å². The van der Waals surface area contributed by atoms with Gasteiger partial charge >= 0.3 is 0 Å². The number of carbonyl (C=O) groups is 1. The first-order valence-electron chi connectivity index (χ1n) is 7.57. The van der Waals surface area contributed by atoms with Crippen molar-refractivity contribution in [3.63, 3.8) is 0 Å². The molecule has 116 valence electrons. The molecule has 1 aliphatic rings. The minimum Gasteiger partial charge on any atom is -0.457 e. The van der Waals surface area contributed by atoms with Crippen LogP contribution < -0.4 is 15.4 Å².